The maximum Gasteiger partial charge on any atom is 0.251 e. The lowest BCUT2D eigenvalue weighted by molar-refractivity contribution is -0.119. The minimum absolute atomic E-state index is 0.0899. The van der Waals surface area contributed by atoms with Gasteiger partial charge >= 0.3 is 0 Å². The Bertz CT molecular complexity index is 1200. The van der Waals surface area contributed by atoms with Gasteiger partial charge in [0.25, 0.3) is 5.91 Å². The highest BCUT2D eigenvalue weighted by atomic mass is 16.2. The number of rotatable bonds is 7. The molecule has 0 fully saturated rings. The molecule has 0 saturated carbocycles. The molecular formula is C25H23N5O2. The summed E-state index contributed by atoms with van der Waals surface area (Å²) in [5.41, 5.74) is 5.05. The van der Waals surface area contributed by atoms with Crippen LogP contribution in [0.5, 0.6) is 0 Å². The average Bonchev–Trinajstić information content (AvgIpc) is 3.27. The third-order valence-electron chi connectivity index (χ3n) is 4.96. The van der Waals surface area contributed by atoms with E-state index in [1.54, 1.807) is 24.5 Å². The number of hydrogen-bond acceptors (Lipinski definition) is 4. The maximum absolute atomic E-state index is 12.7. The van der Waals surface area contributed by atoms with Crippen LogP contribution in [-0.4, -0.2) is 26.6 Å². The average molecular weight is 425 g/mol. The van der Waals surface area contributed by atoms with Gasteiger partial charge in [-0.2, -0.15) is 5.10 Å². The van der Waals surface area contributed by atoms with E-state index in [1.807, 2.05) is 65.5 Å². The Kier molecular flexibility index (Phi) is 6.36. The number of pyridine rings is 1. The fourth-order valence-corrected chi connectivity index (χ4v) is 3.28. The summed E-state index contributed by atoms with van der Waals surface area (Å²) < 4.78 is 1.81. The molecule has 0 aliphatic heterocycles. The second-order valence-corrected chi connectivity index (χ2v) is 7.31. The molecule has 0 saturated heterocycles. The van der Waals surface area contributed by atoms with Crippen molar-refractivity contribution in [1.82, 2.24) is 25.4 Å². The SMILES string of the molecule is CC(=O)NCc1ccc(C(=O)NCc2cn(-c3ccccc3)nc2-c2ccncc2)cc1. The highest BCUT2D eigenvalue weighted by Crippen LogP contribution is 2.23. The Labute approximate surface area is 186 Å². The van der Waals surface area contributed by atoms with Gasteiger partial charge in [-0.15, -0.1) is 0 Å². The molecule has 2 aromatic heterocycles. The van der Waals surface area contributed by atoms with Crippen molar-refractivity contribution in [3.05, 3.63) is 102 Å². The molecule has 7 nitrogen and oxygen atoms in total. The van der Waals surface area contributed by atoms with Gasteiger partial charge in [0.2, 0.25) is 5.91 Å². The third kappa shape index (κ3) is 5.07. The second kappa shape index (κ2) is 9.70. The van der Waals surface area contributed by atoms with Crippen molar-refractivity contribution in [2.24, 2.45) is 0 Å². The summed E-state index contributed by atoms with van der Waals surface area (Å²) in [6.07, 6.45) is 5.38. The van der Waals surface area contributed by atoms with Gasteiger partial charge in [-0.25, -0.2) is 4.68 Å². The molecule has 0 unspecified atom stereocenters. The first-order chi connectivity index (χ1) is 15.6. The van der Waals surface area contributed by atoms with E-state index >= 15 is 0 Å². The van der Waals surface area contributed by atoms with Crippen molar-refractivity contribution in [2.75, 3.05) is 0 Å². The fraction of sp³-hybridized carbons (Fsp3) is 0.120. The molecule has 2 amide bonds. The van der Waals surface area contributed by atoms with E-state index in [2.05, 4.69) is 15.6 Å². The summed E-state index contributed by atoms with van der Waals surface area (Å²) in [7, 11) is 0. The molecule has 0 spiro atoms. The number of benzene rings is 2. The minimum atomic E-state index is -0.177. The smallest absolute Gasteiger partial charge is 0.251 e. The quantitative estimate of drug-likeness (QED) is 0.474. The van der Waals surface area contributed by atoms with Crippen molar-refractivity contribution in [1.29, 1.82) is 0 Å². The highest BCUT2D eigenvalue weighted by Gasteiger charge is 2.14. The van der Waals surface area contributed by atoms with E-state index in [1.165, 1.54) is 6.92 Å². The van der Waals surface area contributed by atoms with Crippen molar-refractivity contribution < 1.29 is 9.59 Å². The zero-order chi connectivity index (χ0) is 22.3. The van der Waals surface area contributed by atoms with E-state index in [0.29, 0.717) is 18.7 Å². The summed E-state index contributed by atoms with van der Waals surface area (Å²) >= 11 is 0. The fourth-order valence-electron chi connectivity index (χ4n) is 3.28. The molecule has 0 bridgehead atoms. The molecule has 0 atom stereocenters. The molecule has 0 aliphatic carbocycles. The number of nitrogens with zero attached hydrogens (tertiary/aromatic N) is 3. The summed E-state index contributed by atoms with van der Waals surface area (Å²) in [5, 5.41) is 10.5. The molecule has 2 N–H and O–H groups in total. The van der Waals surface area contributed by atoms with Crippen LogP contribution in [0.2, 0.25) is 0 Å². The van der Waals surface area contributed by atoms with E-state index < -0.39 is 0 Å². The van der Waals surface area contributed by atoms with Crippen LogP contribution in [0.25, 0.3) is 16.9 Å². The third-order valence-corrected chi connectivity index (χ3v) is 4.96. The molecule has 2 heterocycles. The van der Waals surface area contributed by atoms with Crippen molar-refractivity contribution in [2.45, 2.75) is 20.0 Å². The Morgan fingerprint density at radius 1 is 0.875 bits per heavy atom. The molecule has 32 heavy (non-hydrogen) atoms. The van der Waals surface area contributed by atoms with Crippen LogP contribution in [0.15, 0.2) is 85.3 Å². The van der Waals surface area contributed by atoms with Gasteiger partial charge in [-0.3, -0.25) is 14.6 Å². The predicted molar refractivity (Wildman–Crippen MR) is 122 cm³/mol. The molecule has 160 valence electrons. The zero-order valence-corrected chi connectivity index (χ0v) is 17.7. The highest BCUT2D eigenvalue weighted by molar-refractivity contribution is 5.94. The number of aromatic nitrogens is 3. The number of nitrogens with one attached hydrogen (secondary N) is 2. The number of carbonyl (C=O) groups excluding carboxylic acids is 2. The summed E-state index contributed by atoms with van der Waals surface area (Å²) in [6.45, 7) is 2.24. The maximum atomic E-state index is 12.7. The van der Waals surface area contributed by atoms with Crippen LogP contribution in [0.1, 0.15) is 28.4 Å². The monoisotopic (exact) mass is 425 g/mol. The van der Waals surface area contributed by atoms with Gasteiger partial charge in [0.15, 0.2) is 0 Å². The van der Waals surface area contributed by atoms with E-state index in [9.17, 15) is 9.59 Å². The first-order valence-electron chi connectivity index (χ1n) is 10.3. The van der Waals surface area contributed by atoms with Gasteiger partial charge < -0.3 is 10.6 Å². The van der Waals surface area contributed by atoms with Gasteiger partial charge in [0.05, 0.1) is 11.4 Å². The molecule has 4 aromatic rings. The first-order valence-corrected chi connectivity index (χ1v) is 10.3. The van der Waals surface area contributed by atoms with Gasteiger partial charge in [-0.05, 0) is 42.0 Å². The summed E-state index contributed by atoms with van der Waals surface area (Å²) in [4.78, 5) is 27.8. The normalized spacial score (nSPS) is 10.5. The van der Waals surface area contributed by atoms with E-state index in [0.717, 1.165) is 28.1 Å². The second-order valence-electron chi connectivity index (χ2n) is 7.31. The molecular weight excluding hydrogens is 402 g/mol. The van der Waals surface area contributed by atoms with Gasteiger partial charge in [0, 0.05) is 55.3 Å². The minimum Gasteiger partial charge on any atom is -0.352 e. The molecule has 0 radical (unpaired) electrons. The van der Waals surface area contributed by atoms with Crippen LogP contribution < -0.4 is 10.6 Å². The summed E-state index contributed by atoms with van der Waals surface area (Å²) in [5.74, 6) is -0.267. The summed E-state index contributed by atoms with van der Waals surface area (Å²) in [6, 6.07) is 20.8. The molecule has 7 heteroatoms. The molecule has 0 aliphatic rings. The van der Waals surface area contributed by atoms with Crippen LogP contribution in [0.3, 0.4) is 0 Å². The lowest BCUT2D eigenvalue weighted by Crippen LogP contribution is -2.23. The van der Waals surface area contributed by atoms with Gasteiger partial charge in [0.1, 0.15) is 0 Å². The van der Waals surface area contributed by atoms with Crippen molar-refractivity contribution in [3.63, 3.8) is 0 Å². The Morgan fingerprint density at radius 2 is 1.59 bits per heavy atom. The number of carbonyl (C=O) groups is 2. The molecule has 4 rings (SSSR count). The standard InChI is InChI=1S/C25H23N5O2/c1-18(31)27-15-19-7-9-21(10-8-19)25(32)28-16-22-17-30(23-5-3-2-4-6-23)29-24(22)20-11-13-26-14-12-20/h2-14,17H,15-16H2,1H3,(H,27,31)(H,28,32). The first kappa shape index (κ1) is 21.0. The lowest BCUT2D eigenvalue weighted by Gasteiger charge is -2.07. The van der Waals surface area contributed by atoms with Crippen LogP contribution >= 0.6 is 0 Å². The van der Waals surface area contributed by atoms with E-state index in [4.69, 9.17) is 5.10 Å². The Morgan fingerprint density at radius 3 is 2.28 bits per heavy atom. The zero-order valence-electron chi connectivity index (χ0n) is 17.7. The van der Waals surface area contributed by atoms with Crippen LogP contribution in [-0.2, 0) is 17.9 Å². The number of hydrogen-bond donors (Lipinski definition) is 2. The lowest BCUT2D eigenvalue weighted by atomic mass is 10.1. The predicted octanol–water partition coefficient (Wildman–Crippen LogP) is 3.50. The van der Waals surface area contributed by atoms with Gasteiger partial charge in [-0.1, -0.05) is 30.3 Å². The van der Waals surface area contributed by atoms with Crippen molar-refractivity contribution in [3.8, 4) is 16.9 Å². The number of para-hydroxylation sites is 1. The number of amides is 2. The Hall–Kier alpha value is -4.26. The van der Waals surface area contributed by atoms with Crippen LogP contribution in [0, 0.1) is 0 Å². The largest absolute Gasteiger partial charge is 0.352 e. The topological polar surface area (TPSA) is 88.9 Å². The van der Waals surface area contributed by atoms with E-state index in [-0.39, 0.29) is 11.8 Å². The molecule has 2 aromatic carbocycles. The van der Waals surface area contributed by atoms with Crippen LogP contribution in [0.4, 0.5) is 0 Å². The Balaban J connectivity index is 1.51. The van der Waals surface area contributed by atoms with Crippen molar-refractivity contribution >= 4 is 11.8 Å².